The van der Waals surface area contributed by atoms with Crippen molar-refractivity contribution in [3.8, 4) is 17.3 Å². The average Bonchev–Trinajstić information content (AvgIpc) is 3.21. The van der Waals surface area contributed by atoms with E-state index in [1.807, 2.05) is 55.5 Å². The zero-order chi connectivity index (χ0) is 19.4. The third kappa shape index (κ3) is 6.08. The van der Waals surface area contributed by atoms with Crippen LogP contribution in [-0.2, 0) is 6.42 Å². The Balaban J connectivity index is 1.44. The summed E-state index contributed by atoms with van der Waals surface area (Å²) in [5.41, 5.74) is 0.665. The summed E-state index contributed by atoms with van der Waals surface area (Å²) in [6, 6.07) is 15.3. The van der Waals surface area contributed by atoms with E-state index in [1.165, 1.54) is 0 Å². The zero-order valence-electron chi connectivity index (χ0n) is 15.8. The summed E-state index contributed by atoms with van der Waals surface area (Å²) >= 11 is 0. The largest absolute Gasteiger partial charge is 0.492 e. The van der Waals surface area contributed by atoms with Crippen LogP contribution in [0, 0.1) is 0 Å². The molecule has 0 amide bonds. The van der Waals surface area contributed by atoms with Crippen molar-refractivity contribution in [2.45, 2.75) is 13.3 Å². The van der Waals surface area contributed by atoms with Gasteiger partial charge >= 0.3 is 0 Å². The molecule has 2 aromatic heterocycles. The summed E-state index contributed by atoms with van der Waals surface area (Å²) in [5, 5.41) is 10.4. The number of nitrogens with zero attached hydrogens (tertiary/aromatic N) is 4. The molecule has 0 atom stereocenters. The fourth-order valence-corrected chi connectivity index (χ4v) is 2.41. The molecule has 28 heavy (non-hydrogen) atoms. The quantitative estimate of drug-likeness (QED) is 0.334. The summed E-state index contributed by atoms with van der Waals surface area (Å²) in [7, 11) is 0. The van der Waals surface area contributed by atoms with E-state index in [4.69, 9.17) is 9.26 Å². The van der Waals surface area contributed by atoms with Gasteiger partial charge in [-0.25, -0.2) is 0 Å². The van der Waals surface area contributed by atoms with Crippen molar-refractivity contribution in [3.63, 3.8) is 0 Å². The molecule has 1 aromatic carbocycles. The van der Waals surface area contributed by atoms with Gasteiger partial charge in [-0.15, -0.1) is 0 Å². The SMILES string of the molecule is CCNC(=NCCc1noc(-c2ccccn2)n1)NCCOc1ccccc1. The highest BCUT2D eigenvalue weighted by Gasteiger charge is 2.09. The second-order valence-electron chi connectivity index (χ2n) is 5.83. The Labute approximate surface area is 164 Å². The fraction of sp³-hybridized carbons (Fsp3) is 0.300. The minimum absolute atomic E-state index is 0.419. The van der Waals surface area contributed by atoms with Crippen molar-refractivity contribution in [2.24, 2.45) is 4.99 Å². The van der Waals surface area contributed by atoms with Crippen LogP contribution in [0.5, 0.6) is 5.75 Å². The number of guanidine groups is 1. The van der Waals surface area contributed by atoms with Gasteiger partial charge in [0.2, 0.25) is 0 Å². The molecular weight excluding hydrogens is 356 g/mol. The lowest BCUT2D eigenvalue weighted by atomic mass is 10.3. The molecule has 0 fully saturated rings. The molecule has 0 aliphatic rings. The fourth-order valence-electron chi connectivity index (χ4n) is 2.41. The second kappa shape index (κ2) is 10.7. The van der Waals surface area contributed by atoms with E-state index >= 15 is 0 Å². The van der Waals surface area contributed by atoms with E-state index in [2.05, 4.69) is 30.8 Å². The van der Waals surface area contributed by atoms with Gasteiger partial charge in [-0.3, -0.25) is 9.98 Å². The van der Waals surface area contributed by atoms with E-state index in [9.17, 15) is 0 Å². The van der Waals surface area contributed by atoms with Crippen LogP contribution in [0.2, 0.25) is 0 Å². The molecule has 0 aliphatic heterocycles. The maximum Gasteiger partial charge on any atom is 0.276 e. The van der Waals surface area contributed by atoms with Gasteiger partial charge in [0.05, 0.1) is 6.54 Å². The van der Waals surface area contributed by atoms with Crippen molar-refractivity contribution in [2.75, 3.05) is 26.2 Å². The minimum Gasteiger partial charge on any atom is -0.492 e. The molecule has 0 aliphatic carbocycles. The summed E-state index contributed by atoms with van der Waals surface area (Å²) < 4.78 is 10.9. The molecule has 0 radical (unpaired) electrons. The first kappa shape index (κ1) is 19.3. The number of rotatable bonds is 9. The Hall–Kier alpha value is -3.42. The van der Waals surface area contributed by atoms with Crippen molar-refractivity contribution < 1.29 is 9.26 Å². The van der Waals surface area contributed by atoms with E-state index in [0.717, 1.165) is 18.3 Å². The molecule has 3 aromatic rings. The lowest BCUT2D eigenvalue weighted by Gasteiger charge is -2.11. The topological polar surface area (TPSA) is 97.5 Å². The predicted molar refractivity (Wildman–Crippen MR) is 107 cm³/mol. The number of hydrogen-bond acceptors (Lipinski definition) is 6. The summed E-state index contributed by atoms with van der Waals surface area (Å²) in [6.45, 7) is 4.53. The van der Waals surface area contributed by atoms with Gasteiger partial charge in [0.25, 0.3) is 5.89 Å². The zero-order valence-corrected chi connectivity index (χ0v) is 15.8. The van der Waals surface area contributed by atoms with Gasteiger partial charge in [0.1, 0.15) is 18.1 Å². The van der Waals surface area contributed by atoms with Crippen LogP contribution in [-0.4, -0.2) is 47.3 Å². The molecule has 0 saturated heterocycles. The lowest BCUT2D eigenvalue weighted by Crippen LogP contribution is -2.39. The van der Waals surface area contributed by atoms with E-state index in [1.54, 1.807) is 6.20 Å². The molecule has 8 nitrogen and oxygen atoms in total. The third-order valence-corrected chi connectivity index (χ3v) is 3.71. The first-order chi connectivity index (χ1) is 13.8. The molecule has 0 spiro atoms. The Morgan fingerprint density at radius 2 is 1.96 bits per heavy atom. The van der Waals surface area contributed by atoms with Crippen LogP contribution in [0.15, 0.2) is 64.2 Å². The Morgan fingerprint density at radius 3 is 2.75 bits per heavy atom. The Morgan fingerprint density at radius 1 is 1.11 bits per heavy atom. The summed E-state index contributed by atoms with van der Waals surface area (Å²) in [6.07, 6.45) is 2.27. The number of nitrogens with one attached hydrogen (secondary N) is 2. The Bertz CT molecular complexity index is 851. The highest BCUT2D eigenvalue weighted by molar-refractivity contribution is 5.79. The number of pyridine rings is 1. The number of aromatic nitrogens is 3. The maximum atomic E-state index is 5.67. The van der Waals surface area contributed by atoms with E-state index < -0.39 is 0 Å². The standard InChI is InChI=1S/C20H24N6O2/c1-2-21-20(24-14-15-27-16-8-4-3-5-9-16)23-13-11-18-25-19(28-26-18)17-10-6-7-12-22-17/h3-10,12H,2,11,13-15H2,1H3,(H2,21,23,24). The second-order valence-corrected chi connectivity index (χ2v) is 5.83. The van der Waals surface area contributed by atoms with Gasteiger partial charge in [-0.1, -0.05) is 29.4 Å². The van der Waals surface area contributed by atoms with Gasteiger partial charge in [-0.05, 0) is 31.2 Å². The molecule has 0 saturated carbocycles. The van der Waals surface area contributed by atoms with Crippen molar-refractivity contribution in [1.82, 2.24) is 25.8 Å². The number of benzene rings is 1. The van der Waals surface area contributed by atoms with Crippen LogP contribution in [0.25, 0.3) is 11.6 Å². The maximum absolute atomic E-state index is 5.67. The van der Waals surface area contributed by atoms with Gasteiger partial charge in [0.15, 0.2) is 11.8 Å². The predicted octanol–water partition coefficient (Wildman–Crippen LogP) is 2.31. The summed E-state index contributed by atoms with van der Waals surface area (Å²) in [5.74, 6) is 2.61. The van der Waals surface area contributed by atoms with E-state index in [-0.39, 0.29) is 0 Å². The highest BCUT2D eigenvalue weighted by atomic mass is 16.5. The third-order valence-electron chi connectivity index (χ3n) is 3.71. The van der Waals surface area contributed by atoms with Gasteiger partial charge < -0.3 is 19.9 Å². The van der Waals surface area contributed by atoms with E-state index in [0.29, 0.717) is 43.5 Å². The average molecular weight is 380 g/mol. The molecule has 146 valence electrons. The molecule has 0 bridgehead atoms. The van der Waals surface area contributed by atoms with Crippen LogP contribution in [0.4, 0.5) is 0 Å². The normalized spacial score (nSPS) is 11.2. The van der Waals surface area contributed by atoms with Crippen molar-refractivity contribution >= 4 is 5.96 Å². The number of aliphatic imine (C=N–C) groups is 1. The van der Waals surface area contributed by atoms with Crippen LogP contribution < -0.4 is 15.4 Å². The Kier molecular flexibility index (Phi) is 7.37. The monoisotopic (exact) mass is 380 g/mol. The van der Waals surface area contributed by atoms with Gasteiger partial charge in [-0.2, -0.15) is 4.98 Å². The number of para-hydroxylation sites is 1. The summed E-state index contributed by atoms with van der Waals surface area (Å²) in [4.78, 5) is 13.1. The first-order valence-electron chi connectivity index (χ1n) is 9.29. The molecule has 2 heterocycles. The number of ether oxygens (including phenoxy) is 1. The van der Waals surface area contributed by atoms with Crippen molar-refractivity contribution in [3.05, 3.63) is 60.6 Å². The molecule has 2 N–H and O–H groups in total. The van der Waals surface area contributed by atoms with Crippen molar-refractivity contribution in [1.29, 1.82) is 0 Å². The first-order valence-corrected chi connectivity index (χ1v) is 9.29. The highest BCUT2D eigenvalue weighted by Crippen LogP contribution is 2.13. The molecule has 8 heteroatoms. The molecule has 0 unspecified atom stereocenters. The smallest absolute Gasteiger partial charge is 0.276 e. The van der Waals surface area contributed by atoms with Gasteiger partial charge in [0, 0.05) is 25.7 Å². The molecular formula is C20H24N6O2. The molecule has 3 rings (SSSR count). The van der Waals surface area contributed by atoms with Crippen LogP contribution in [0.3, 0.4) is 0 Å². The minimum atomic E-state index is 0.419. The number of hydrogen-bond donors (Lipinski definition) is 2. The lowest BCUT2D eigenvalue weighted by molar-refractivity contribution is 0.322. The van der Waals surface area contributed by atoms with Crippen LogP contribution >= 0.6 is 0 Å². The van der Waals surface area contributed by atoms with Crippen LogP contribution in [0.1, 0.15) is 12.7 Å².